The van der Waals surface area contributed by atoms with Crippen LogP contribution >= 0.6 is 0 Å². The topological polar surface area (TPSA) is 12.4 Å². The van der Waals surface area contributed by atoms with Crippen molar-refractivity contribution in [3.05, 3.63) is 23.4 Å². The van der Waals surface area contributed by atoms with E-state index in [1.54, 1.807) is 6.20 Å². The largest absolute Gasteiger partial charge is 0.273 e. The van der Waals surface area contributed by atoms with Crippen LogP contribution in [0.1, 0.15) is 27.7 Å². The quantitative estimate of drug-likeness (QED) is 0.434. The molecule has 0 fully saturated rings. The Hall–Kier alpha value is -0.850. The smallest absolute Gasteiger partial charge is 0.0263 e. The van der Waals surface area contributed by atoms with Gasteiger partial charge in [-0.1, -0.05) is 19.4 Å². The zero-order valence-corrected chi connectivity index (χ0v) is 7.89. The van der Waals surface area contributed by atoms with Crippen molar-refractivity contribution in [2.24, 2.45) is 10.9 Å². The Balaban J connectivity index is 4.50. The summed E-state index contributed by atoms with van der Waals surface area (Å²) in [5.74, 6) is 0.568. The fourth-order valence-corrected chi connectivity index (χ4v) is 1.07. The summed E-state index contributed by atoms with van der Waals surface area (Å²) in [6, 6.07) is 0. The van der Waals surface area contributed by atoms with Crippen molar-refractivity contribution in [3.63, 3.8) is 0 Å². The molecule has 11 heavy (non-hydrogen) atoms. The first-order valence-corrected chi connectivity index (χ1v) is 3.89. The van der Waals surface area contributed by atoms with Crippen LogP contribution < -0.4 is 0 Å². The molecule has 0 bridgehead atoms. The van der Waals surface area contributed by atoms with Gasteiger partial charge in [-0.25, -0.2) is 0 Å². The molecule has 0 unspecified atom stereocenters. The first-order valence-electron chi connectivity index (χ1n) is 3.89. The van der Waals surface area contributed by atoms with Crippen LogP contribution in [0, 0.1) is 5.92 Å². The van der Waals surface area contributed by atoms with Crippen LogP contribution in [0.3, 0.4) is 0 Å². The van der Waals surface area contributed by atoms with Crippen LogP contribution in [0.4, 0.5) is 0 Å². The predicted octanol–water partition coefficient (Wildman–Crippen LogP) is 3.19. The fourth-order valence-electron chi connectivity index (χ4n) is 1.07. The molecule has 0 spiro atoms. The third-order valence-corrected chi connectivity index (χ3v) is 1.56. The van der Waals surface area contributed by atoms with E-state index in [9.17, 15) is 0 Å². The predicted molar refractivity (Wildman–Crippen MR) is 51.9 cm³/mol. The van der Waals surface area contributed by atoms with Crippen LogP contribution in [-0.2, 0) is 0 Å². The molecule has 1 nitrogen and oxygen atoms in total. The summed E-state index contributed by atoms with van der Waals surface area (Å²) < 4.78 is 0. The molecule has 0 aliphatic carbocycles. The van der Waals surface area contributed by atoms with Crippen LogP contribution in [0.25, 0.3) is 0 Å². The number of aliphatic imine (C=N–C) groups is 1. The highest BCUT2D eigenvalue weighted by atomic mass is 14.6. The molecule has 0 heterocycles. The molecule has 0 rings (SSSR count). The van der Waals surface area contributed by atoms with Gasteiger partial charge in [0.25, 0.3) is 0 Å². The maximum absolute atomic E-state index is 3.68. The molecule has 0 radical (unpaired) electrons. The minimum atomic E-state index is 0.568. The van der Waals surface area contributed by atoms with Gasteiger partial charge in [0.15, 0.2) is 0 Å². The summed E-state index contributed by atoms with van der Waals surface area (Å²) in [5, 5.41) is 0. The van der Waals surface area contributed by atoms with Gasteiger partial charge in [-0.05, 0) is 38.1 Å². The van der Waals surface area contributed by atoms with Crippen molar-refractivity contribution < 1.29 is 0 Å². The summed E-state index contributed by atoms with van der Waals surface area (Å²) in [5.41, 5.74) is 2.69. The van der Waals surface area contributed by atoms with Gasteiger partial charge < -0.3 is 0 Å². The van der Waals surface area contributed by atoms with E-state index in [4.69, 9.17) is 0 Å². The van der Waals surface area contributed by atoms with E-state index in [2.05, 4.69) is 39.4 Å². The molecular weight excluding hydrogens is 134 g/mol. The summed E-state index contributed by atoms with van der Waals surface area (Å²) >= 11 is 0. The molecule has 0 saturated carbocycles. The van der Waals surface area contributed by atoms with Crippen molar-refractivity contribution in [2.75, 3.05) is 0 Å². The Bertz CT molecular complexity index is 181. The highest BCUT2D eigenvalue weighted by Gasteiger charge is 1.99. The molecule has 0 aromatic carbocycles. The Morgan fingerprint density at radius 2 is 1.91 bits per heavy atom. The summed E-state index contributed by atoms with van der Waals surface area (Å²) in [7, 11) is 0. The number of rotatable bonds is 3. The van der Waals surface area contributed by atoms with Crippen molar-refractivity contribution in [1.82, 2.24) is 0 Å². The van der Waals surface area contributed by atoms with Crippen LogP contribution in [0.2, 0.25) is 0 Å². The van der Waals surface area contributed by atoms with Gasteiger partial charge in [0.05, 0.1) is 0 Å². The third kappa shape index (κ3) is 3.76. The SMILES string of the molecule is C=N/C=C\C(=C(C)C)C(C)C. The average Bonchev–Trinajstić information content (AvgIpc) is 1.87. The van der Waals surface area contributed by atoms with Gasteiger partial charge in [-0.2, -0.15) is 0 Å². The van der Waals surface area contributed by atoms with Crippen molar-refractivity contribution >= 4 is 6.72 Å². The summed E-state index contributed by atoms with van der Waals surface area (Å²) in [4.78, 5) is 3.68. The van der Waals surface area contributed by atoms with Crippen molar-refractivity contribution in [3.8, 4) is 0 Å². The fraction of sp³-hybridized carbons (Fsp3) is 0.500. The van der Waals surface area contributed by atoms with Crippen molar-refractivity contribution in [2.45, 2.75) is 27.7 Å². The van der Waals surface area contributed by atoms with E-state index in [0.717, 1.165) is 0 Å². The Kier molecular flexibility index (Phi) is 4.51. The second-order valence-corrected chi connectivity index (χ2v) is 3.11. The summed E-state index contributed by atoms with van der Waals surface area (Å²) in [6.07, 6.45) is 3.76. The molecule has 0 atom stereocenters. The summed E-state index contributed by atoms with van der Waals surface area (Å²) in [6.45, 7) is 12.0. The van der Waals surface area contributed by atoms with Gasteiger partial charge in [-0.15, -0.1) is 0 Å². The molecule has 0 amide bonds. The third-order valence-electron chi connectivity index (χ3n) is 1.56. The lowest BCUT2D eigenvalue weighted by Crippen LogP contribution is -1.92. The van der Waals surface area contributed by atoms with E-state index in [1.165, 1.54) is 11.1 Å². The number of hydrogen-bond donors (Lipinski definition) is 0. The zero-order valence-electron chi connectivity index (χ0n) is 7.89. The van der Waals surface area contributed by atoms with Crippen LogP contribution in [0.15, 0.2) is 28.4 Å². The second-order valence-electron chi connectivity index (χ2n) is 3.11. The second kappa shape index (κ2) is 4.89. The van der Waals surface area contributed by atoms with Gasteiger partial charge in [0, 0.05) is 6.20 Å². The lowest BCUT2D eigenvalue weighted by atomic mass is 9.99. The standard InChI is InChI=1S/C10H17N/c1-8(2)10(9(3)4)6-7-11-5/h6-8H,5H2,1-4H3/b7-6-. The lowest BCUT2D eigenvalue weighted by molar-refractivity contribution is 0.779. The van der Waals surface area contributed by atoms with E-state index >= 15 is 0 Å². The van der Waals surface area contributed by atoms with E-state index in [-0.39, 0.29) is 0 Å². The number of nitrogens with zero attached hydrogens (tertiary/aromatic N) is 1. The molecule has 1 heteroatoms. The molecule has 0 saturated heterocycles. The van der Waals surface area contributed by atoms with E-state index in [1.807, 2.05) is 6.08 Å². The highest BCUT2D eigenvalue weighted by Crippen LogP contribution is 2.15. The lowest BCUT2D eigenvalue weighted by Gasteiger charge is -2.07. The first kappa shape index (κ1) is 10.2. The minimum absolute atomic E-state index is 0.568. The molecule has 0 aromatic rings. The van der Waals surface area contributed by atoms with E-state index in [0.29, 0.717) is 5.92 Å². The van der Waals surface area contributed by atoms with Gasteiger partial charge in [0.1, 0.15) is 0 Å². The van der Waals surface area contributed by atoms with Gasteiger partial charge in [0.2, 0.25) is 0 Å². The average molecular weight is 151 g/mol. The Labute approximate surface area is 69.5 Å². The first-order chi connectivity index (χ1) is 5.09. The molecule has 0 aliphatic heterocycles. The van der Waals surface area contributed by atoms with E-state index < -0.39 is 0 Å². The number of allylic oxidation sites excluding steroid dienone is 3. The van der Waals surface area contributed by atoms with Crippen LogP contribution in [-0.4, -0.2) is 6.72 Å². The molecule has 0 aromatic heterocycles. The maximum atomic E-state index is 3.68. The van der Waals surface area contributed by atoms with Crippen molar-refractivity contribution in [1.29, 1.82) is 0 Å². The minimum Gasteiger partial charge on any atom is -0.273 e. The highest BCUT2D eigenvalue weighted by molar-refractivity contribution is 5.29. The Morgan fingerprint density at radius 1 is 1.36 bits per heavy atom. The molecule has 0 N–H and O–H groups in total. The van der Waals surface area contributed by atoms with Crippen LogP contribution in [0.5, 0.6) is 0 Å². The molecule has 0 aliphatic rings. The maximum Gasteiger partial charge on any atom is 0.0263 e. The molecular formula is C10H17N. The normalized spacial score (nSPS) is 10.6. The number of hydrogen-bond acceptors (Lipinski definition) is 1. The van der Waals surface area contributed by atoms with Gasteiger partial charge in [-0.3, -0.25) is 4.99 Å². The zero-order chi connectivity index (χ0) is 8.85. The monoisotopic (exact) mass is 151 g/mol. The molecule has 62 valence electrons. The van der Waals surface area contributed by atoms with Gasteiger partial charge >= 0.3 is 0 Å². The Morgan fingerprint density at radius 3 is 2.18 bits per heavy atom.